The number of amides is 2. The molecule has 0 aliphatic carbocycles. The van der Waals surface area contributed by atoms with Crippen LogP contribution in [0, 0.1) is 10.1 Å². The van der Waals surface area contributed by atoms with Crippen LogP contribution in [-0.4, -0.2) is 41.4 Å². The predicted octanol–water partition coefficient (Wildman–Crippen LogP) is 1.44. The van der Waals surface area contributed by atoms with Gasteiger partial charge in [-0.25, -0.2) is 0 Å². The van der Waals surface area contributed by atoms with E-state index in [0.29, 0.717) is 0 Å². The highest BCUT2D eigenvalue weighted by atomic mass is 35.5. The lowest BCUT2D eigenvalue weighted by molar-refractivity contribution is -0.384. The van der Waals surface area contributed by atoms with Gasteiger partial charge >= 0.3 is 5.97 Å². The summed E-state index contributed by atoms with van der Waals surface area (Å²) in [6.45, 7) is 4.37. The van der Waals surface area contributed by atoms with Crippen LogP contribution in [0.1, 0.15) is 31.1 Å². The van der Waals surface area contributed by atoms with E-state index in [1.165, 1.54) is 12.1 Å². The summed E-state index contributed by atoms with van der Waals surface area (Å²) in [7, 11) is 0. The van der Waals surface area contributed by atoms with Crippen molar-refractivity contribution in [1.82, 2.24) is 10.6 Å². The molecule has 10 heteroatoms. The van der Waals surface area contributed by atoms with E-state index in [1.807, 2.05) is 0 Å². The molecule has 136 valence electrons. The van der Waals surface area contributed by atoms with Gasteiger partial charge in [0.15, 0.2) is 6.61 Å². The van der Waals surface area contributed by atoms with E-state index >= 15 is 0 Å². The van der Waals surface area contributed by atoms with Crippen molar-refractivity contribution in [3.63, 3.8) is 0 Å². The summed E-state index contributed by atoms with van der Waals surface area (Å²) < 4.78 is 4.72. The van der Waals surface area contributed by atoms with Crippen LogP contribution in [0.15, 0.2) is 18.2 Å². The van der Waals surface area contributed by atoms with Crippen LogP contribution < -0.4 is 10.6 Å². The van der Waals surface area contributed by atoms with Crippen LogP contribution in [-0.2, 0) is 14.3 Å². The molecular weight excluding hydrogens is 354 g/mol. The van der Waals surface area contributed by atoms with E-state index in [1.54, 1.807) is 20.8 Å². The lowest BCUT2D eigenvalue weighted by atomic mass is 10.1. The van der Waals surface area contributed by atoms with E-state index < -0.39 is 47.1 Å². The maximum atomic E-state index is 11.9. The van der Waals surface area contributed by atoms with Gasteiger partial charge in [0.25, 0.3) is 17.5 Å². The van der Waals surface area contributed by atoms with Crippen molar-refractivity contribution < 1.29 is 24.0 Å². The Bertz CT molecular complexity index is 699. The molecule has 0 aliphatic heterocycles. The summed E-state index contributed by atoms with van der Waals surface area (Å²) in [5.74, 6) is -2.00. The van der Waals surface area contributed by atoms with E-state index in [9.17, 15) is 24.5 Å². The van der Waals surface area contributed by atoms with E-state index in [2.05, 4.69) is 10.6 Å². The number of ether oxygens (including phenoxy) is 1. The Hall–Kier alpha value is -2.68. The number of halogens is 1. The molecule has 0 saturated carbocycles. The second-order valence-electron chi connectivity index (χ2n) is 6.06. The predicted molar refractivity (Wildman–Crippen MR) is 89.3 cm³/mol. The number of benzene rings is 1. The fraction of sp³-hybridized carbons (Fsp3) is 0.400. The van der Waals surface area contributed by atoms with Gasteiger partial charge < -0.3 is 15.4 Å². The van der Waals surface area contributed by atoms with Crippen molar-refractivity contribution in [2.24, 2.45) is 0 Å². The zero-order chi connectivity index (χ0) is 19.2. The summed E-state index contributed by atoms with van der Waals surface area (Å²) in [5, 5.41) is 15.5. The molecule has 9 nitrogen and oxygen atoms in total. The number of esters is 1. The summed E-state index contributed by atoms with van der Waals surface area (Å²) in [6, 6.07) is 3.50. The normalized spacial score (nSPS) is 10.7. The molecular formula is C15H18ClN3O6. The molecule has 0 atom stereocenters. The van der Waals surface area contributed by atoms with Gasteiger partial charge in [-0.3, -0.25) is 24.5 Å². The first-order valence-corrected chi connectivity index (χ1v) is 7.56. The third-order valence-electron chi connectivity index (χ3n) is 2.68. The van der Waals surface area contributed by atoms with Gasteiger partial charge in [0, 0.05) is 17.2 Å². The van der Waals surface area contributed by atoms with Gasteiger partial charge in [0.2, 0.25) is 0 Å². The Morgan fingerprint density at radius 2 is 1.92 bits per heavy atom. The number of rotatable bonds is 6. The van der Waals surface area contributed by atoms with Crippen molar-refractivity contribution in [3.8, 4) is 0 Å². The molecule has 0 aromatic heterocycles. The minimum atomic E-state index is -0.819. The molecule has 0 bridgehead atoms. The van der Waals surface area contributed by atoms with Crippen molar-refractivity contribution in [1.29, 1.82) is 0 Å². The second kappa shape index (κ2) is 8.43. The number of carbonyl (C=O) groups excluding carboxylic acids is 3. The van der Waals surface area contributed by atoms with Crippen LogP contribution in [0.3, 0.4) is 0 Å². The van der Waals surface area contributed by atoms with Crippen LogP contribution >= 0.6 is 11.6 Å². The SMILES string of the molecule is CC(C)(C)NC(=O)COC(=O)CNC(=O)c1ccc(Cl)c([N+](=O)[O-])c1. The zero-order valence-electron chi connectivity index (χ0n) is 13.9. The molecule has 0 unspecified atom stereocenters. The molecule has 1 aromatic carbocycles. The third kappa shape index (κ3) is 7.17. The van der Waals surface area contributed by atoms with E-state index in [4.69, 9.17) is 16.3 Å². The molecule has 25 heavy (non-hydrogen) atoms. The number of nitro benzene ring substituents is 1. The number of nitro groups is 1. The minimum absolute atomic E-state index is 0.0330. The summed E-state index contributed by atoms with van der Waals surface area (Å²) in [6.07, 6.45) is 0. The Morgan fingerprint density at radius 1 is 1.28 bits per heavy atom. The molecule has 0 saturated heterocycles. The second-order valence-corrected chi connectivity index (χ2v) is 6.47. The minimum Gasteiger partial charge on any atom is -0.454 e. The standard InChI is InChI=1S/C15H18ClN3O6/c1-15(2,3)18-12(20)8-25-13(21)7-17-14(22)9-4-5-10(16)11(6-9)19(23)24/h4-6H,7-8H2,1-3H3,(H,17,22)(H,18,20). The van der Waals surface area contributed by atoms with Crippen molar-refractivity contribution in [2.45, 2.75) is 26.3 Å². The first kappa shape index (κ1) is 20.4. The number of carbonyl (C=O) groups is 3. The summed E-state index contributed by atoms with van der Waals surface area (Å²) >= 11 is 5.65. The highest BCUT2D eigenvalue weighted by Gasteiger charge is 2.18. The van der Waals surface area contributed by atoms with Crippen molar-refractivity contribution >= 4 is 35.1 Å². The number of nitrogens with zero attached hydrogens (tertiary/aromatic N) is 1. The Morgan fingerprint density at radius 3 is 2.48 bits per heavy atom. The molecule has 2 N–H and O–H groups in total. The number of hydrogen-bond donors (Lipinski definition) is 2. The third-order valence-corrected chi connectivity index (χ3v) is 3.00. The van der Waals surface area contributed by atoms with Crippen LogP contribution in [0.4, 0.5) is 5.69 Å². The maximum absolute atomic E-state index is 11.9. The molecule has 0 spiro atoms. The quantitative estimate of drug-likeness (QED) is 0.442. The van der Waals surface area contributed by atoms with Gasteiger partial charge in [-0.1, -0.05) is 11.6 Å². The molecule has 1 aromatic rings. The number of nitrogens with one attached hydrogen (secondary N) is 2. The first-order valence-electron chi connectivity index (χ1n) is 7.18. The summed E-state index contributed by atoms with van der Waals surface area (Å²) in [5.41, 5.74) is -0.911. The highest BCUT2D eigenvalue weighted by Crippen LogP contribution is 2.24. The maximum Gasteiger partial charge on any atom is 0.325 e. The number of hydrogen-bond acceptors (Lipinski definition) is 6. The van der Waals surface area contributed by atoms with Gasteiger partial charge in [-0.15, -0.1) is 0 Å². The first-order chi connectivity index (χ1) is 11.5. The van der Waals surface area contributed by atoms with E-state index in [0.717, 1.165) is 6.07 Å². The molecule has 2 amide bonds. The lowest BCUT2D eigenvalue weighted by Gasteiger charge is -2.20. The Balaban J connectivity index is 2.51. The summed E-state index contributed by atoms with van der Waals surface area (Å²) in [4.78, 5) is 45.0. The van der Waals surface area contributed by atoms with Crippen LogP contribution in [0.2, 0.25) is 5.02 Å². The largest absolute Gasteiger partial charge is 0.454 e. The topological polar surface area (TPSA) is 128 Å². The molecule has 1 rings (SSSR count). The van der Waals surface area contributed by atoms with Crippen molar-refractivity contribution in [3.05, 3.63) is 38.9 Å². The monoisotopic (exact) mass is 371 g/mol. The smallest absolute Gasteiger partial charge is 0.325 e. The van der Waals surface area contributed by atoms with Crippen molar-refractivity contribution in [2.75, 3.05) is 13.2 Å². The van der Waals surface area contributed by atoms with Gasteiger partial charge in [0.1, 0.15) is 11.6 Å². The van der Waals surface area contributed by atoms with Gasteiger partial charge in [-0.2, -0.15) is 0 Å². The zero-order valence-corrected chi connectivity index (χ0v) is 14.7. The Kier molecular flexibility index (Phi) is 6.86. The molecule has 0 aliphatic rings. The van der Waals surface area contributed by atoms with Gasteiger partial charge in [-0.05, 0) is 32.9 Å². The average Bonchev–Trinajstić information content (AvgIpc) is 2.49. The highest BCUT2D eigenvalue weighted by molar-refractivity contribution is 6.32. The fourth-order valence-electron chi connectivity index (χ4n) is 1.70. The molecule has 0 radical (unpaired) electrons. The molecule has 0 heterocycles. The van der Waals surface area contributed by atoms with Crippen LogP contribution in [0.5, 0.6) is 0 Å². The fourth-order valence-corrected chi connectivity index (χ4v) is 1.89. The molecule has 0 fully saturated rings. The van der Waals surface area contributed by atoms with Gasteiger partial charge in [0.05, 0.1) is 4.92 Å². The van der Waals surface area contributed by atoms with E-state index in [-0.39, 0.29) is 10.6 Å². The Labute approximate surface area is 148 Å². The lowest BCUT2D eigenvalue weighted by Crippen LogP contribution is -2.43. The average molecular weight is 372 g/mol. The van der Waals surface area contributed by atoms with Crippen LogP contribution in [0.25, 0.3) is 0 Å².